The topological polar surface area (TPSA) is 61.8 Å². The minimum absolute atomic E-state index is 0.138. The summed E-state index contributed by atoms with van der Waals surface area (Å²) >= 11 is 0. The lowest BCUT2D eigenvalue weighted by molar-refractivity contribution is 0.146. The molecule has 0 radical (unpaired) electrons. The van der Waals surface area contributed by atoms with Crippen molar-refractivity contribution in [2.75, 3.05) is 20.3 Å². The molecule has 0 amide bonds. The predicted octanol–water partition coefficient (Wildman–Crippen LogP) is 2.76. The predicted molar refractivity (Wildman–Crippen MR) is 78.0 cm³/mol. The van der Waals surface area contributed by atoms with Gasteiger partial charge in [0.1, 0.15) is 23.0 Å². The van der Waals surface area contributed by atoms with Crippen molar-refractivity contribution < 1.29 is 30.9 Å². The van der Waals surface area contributed by atoms with Crippen LogP contribution in [0.2, 0.25) is 0 Å². The number of rotatable bonds is 7. The zero-order valence-electron chi connectivity index (χ0n) is 12.2. The normalized spacial score (nSPS) is 11.3. The van der Waals surface area contributed by atoms with Gasteiger partial charge in [0.2, 0.25) is 0 Å². The van der Waals surface area contributed by atoms with Gasteiger partial charge in [0.25, 0.3) is 0 Å². The number of hydrogen-bond donors (Lipinski definition) is 0. The molecule has 0 saturated heterocycles. The van der Waals surface area contributed by atoms with E-state index in [2.05, 4.69) is 0 Å². The third-order valence-corrected chi connectivity index (χ3v) is 4.03. The van der Waals surface area contributed by atoms with Crippen molar-refractivity contribution in [2.24, 2.45) is 0 Å². The molecule has 2 aromatic rings. The Morgan fingerprint density at radius 3 is 2.17 bits per heavy atom. The van der Waals surface area contributed by atoms with E-state index in [0.29, 0.717) is 25.0 Å². The van der Waals surface area contributed by atoms with Crippen molar-refractivity contribution in [3.8, 4) is 11.5 Å². The number of hydrogen-bond acceptors (Lipinski definition) is 5. The van der Waals surface area contributed by atoms with E-state index in [1.165, 1.54) is 31.4 Å². The van der Waals surface area contributed by atoms with Crippen molar-refractivity contribution in [1.82, 2.24) is 0 Å². The Labute approximate surface area is 132 Å². The molecule has 5 nitrogen and oxygen atoms in total. The molecule has 0 saturated carbocycles. The van der Waals surface area contributed by atoms with Gasteiger partial charge in [-0.3, -0.25) is 0 Å². The molecule has 0 aliphatic rings. The van der Waals surface area contributed by atoms with E-state index in [4.69, 9.17) is 13.7 Å². The minimum Gasteiger partial charge on any atom is -0.491 e. The molecule has 2 rings (SSSR count). The molecule has 0 bridgehead atoms. The molecule has 0 fully saturated rings. The Balaban J connectivity index is 2.11. The number of methoxy groups -OCH3 is 1. The number of halogens is 2. The van der Waals surface area contributed by atoms with Crippen LogP contribution in [0.15, 0.2) is 47.4 Å². The molecule has 0 aliphatic carbocycles. The van der Waals surface area contributed by atoms with Crippen LogP contribution in [0.25, 0.3) is 0 Å². The highest BCUT2D eigenvalue weighted by atomic mass is 32.2. The summed E-state index contributed by atoms with van der Waals surface area (Å²) in [6, 6.07) is 7.96. The lowest BCUT2D eigenvalue weighted by Gasteiger charge is -2.09. The van der Waals surface area contributed by atoms with Crippen LogP contribution >= 0.6 is 0 Å². The monoisotopic (exact) mass is 344 g/mol. The first kappa shape index (κ1) is 17.2. The Morgan fingerprint density at radius 1 is 0.913 bits per heavy atom. The molecule has 2 aromatic carbocycles. The lowest BCUT2D eigenvalue weighted by Crippen LogP contribution is -2.10. The van der Waals surface area contributed by atoms with Gasteiger partial charge in [-0.05, 0) is 36.4 Å². The van der Waals surface area contributed by atoms with Crippen LogP contribution in [0.1, 0.15) is 0 Å². The fourth-order valence-corrected chi connectivity index (χ4v) is 2.57. The average molecular weight is 344 g/mol. The molecule has 0 heterocycles. The van der Waals surface area contributed by atoms with Crippen LogP contribution in [0.3, 0.4) is 0 Å². The highest BCUT2D eigenvalue weighted by Gasteiger charge is 2.17. The van der Waals surface area contributed by atoms with E-state index in [9.17, 15) is 17.2 Å². The summed E-state index contributed by atoms with van der Waals surface area (Å²) in [6.07, 6.45) is 0. The summed E-state index contributed by atoms with van der Waals surface area (Å²) in [7, 11) is -2.62. The smallest absolute Gasteiger partial charge is 0.339 e. The van der Waals surface area contributed by atoms with Gasteiger partial charge < -0.3 is 13.7 Å². The van der Waals surface area contributed by atoms with Crippen LogP contribution in [0.5, 0.6) is 11.5 Å². The van der Waals surface area contributed by atoms with Crippen molar-refractivity contribution in [2.45, 2.75) is 4.90 Å². The highest BCUT2D eigenvalue weighted by Crippen LogP contribution is 2.22. The molecular formula is C15H14F2O5S. The second-order valence-electron chi connectivity index (χ2n) is 4.43. The van der Waals surface area contributed by atoms with Crippen LogP contribution in [0.4, 0.5) is 8.78 Å². The van der Waals surface area contributed by atoms with E-state index in [1.54, 1.807) is 0 Å². The van der Waals surface area contributed by atoms with E-state index >= 15 is 0 Å². The molecule has 0 aromatic heterocycles. The van der Waals surface area contributed by atoms with Gasteiger partial charge >= 0.3 is 10.1 Å². The quantitative estimate of drug-likeness (QED) is 0.571. The third-order valence-electron chi connectivity index (χ3n) is 2.77. The largest absolute Gasteiger partial charge is 0.491 e. The maximum absolute atomic E-state index is 13.1. The minimum atomic E-state index is -4.15. The second-order valence-corrected chi connectivity index (χ2v) is 5.97. The maximum atomic E-state index is 13.1. The molecule has 0 N–H and O–H groups in total. The SMILES string of the molecule is COCCOc1ccc(S(=O)(=O)Oc2ccc(F)c(F)c2)cc1. The molecular weight excluding hydrogens is 330 g/mol. The van der Waals surface area contributed by atoms with E-state index in [0.717, 1.165) is 12.1 Å². The Bertz CT molecular complexity index is 760. The summed E-state index contributed by atoms with van der Waals surface area (Å²) in [4.78, 5) is -0.138. The average Bonchev–Trinajstić information content (AvgIpc) is 2.51. The first-order valence-electron chi connectivity index (χ1n) is 6.54. The van der Waals surface area contributed by atoms with Crippen molar-refractivity contribution >= 4 is 10.1 Å². The second kappa shape index (κ2) is 7.38. The van der Waals surface area contributed by atoms with Crippen LogP contribution in [-0.2, 0) is 14.9 Å². The van der Waals surface area contributed by atoms with E-state index in [-0.39, 0.29) is 10.6 Å². The van der Waals surface area contributed by atoms with Crippen LogP contribution < -0.4 is 8.92 Å². The summed E-state index contributed by atoms with van der Waals surface area (Å²) < 4.78 is 64.9. The van der Waals surface area contributed by atoms with Gasteiger partial charge in [0.05, 0.1) is 6.61 Å². The zero-order valence-corrected chi connectivity index (χ0v) is 13.0. The first-order valence-corrected chi connectivity index (χ1v) is 7.94. The van der Waals surface area contributed by atoms with Crippen molar-refractivity contribution in [3.05, 3.63) is 54.1 Å². The summed E-state index contributed by atoms with van der Waals surface area (Å²) in [5.74, 6) is -2.13. The molecule has 23 heavy (non-hydrogen) atoms. The molecule has 124 valence electrons. The van der Waals surface area contributed by atoms with Gasteiger partial charge in [0.15, 0.2) is 11.6 Å². The third kappa shape index (κ3) is 4.64. The molecule has 8 heteroatoms. The molecule has 0 unspecified atom stereocenters. The highest BCUT2D eigenvalue weighted by molar-refractivity contribution is 7.87. The maximum Gasteiger partial charge on any atom is 0.339 e. The van der Waals surface area contributed by atoms with Crippen molar-refractivity contribution in [1.29, 1.82) is 0 Å². The fraction of sp³-hybridized carbons (Fsp3) is 0.200. The van der Waals surface area contributed by atoms with Gasteiger partial charge in [0, 0.05) is 13.2 Å². The Hall–Kier alpha value is -2.19. The standard InChI is InChI=1S/C15H14F2O5S/c1-20-8-9-21-11-2-5-13(6-3-11)23(18,19)22-12-4-7-14(16)15(17)10-12/h2-7,10H,8-9H2,1H3. The van der Waals surface area contributed by atoms with Crippen LogP contribution in [0, 0.1) is 11.6 Å². The summed E-state index contributed by atoms with van der Waals surface area (Å²) in [6.45, 7) is 0.729. The fourth-order valence-electron chi connectivity index (χ4n) is 1.65. The van der Waals surface area contributed by atoms with Gasteiger partial charge in [-0.15, -0.1) is 0 Å². The number of benzene rings is 2. The zero-order chi connectivity index (χ0) is 16.9. The molecule has 0 aliphatic heterocycles. The first-order chi connectivity index (χ1) is 10.9. The summed E-state index contributed by atoms with van der Waals surface area (Å²) in [5, 5.41) is 0. The summed E-state index contributed by atoms with van der Waals surface area (Å²) in [5.41, 5.74) is 0. The number of ether oxygens (including phenoxy) is 2. The molecule has 0 atom stereocenters. The van der Waals surface area contributed by atoms with Gasteiger partial charge in [-0.1, -0.05) is 0 Å². The van der Waals surface area contributed by atoms with Crippen LogP contribution in [-0.4, -0.2) is 28.7 Å². The lowest BCUT2D eigenvalue weighted by atomic mass is 10.3. The van der Waals surface area contributed by atoms with E-state index in [1.807, 2.05) is 0 Å². The Kier molecular flexibility index (Phi) is 5.51. The van der Waals surface area contributed by atoms with Gasteiger partial charge in [-0.2, -0.15) is 8.42 Å². The molecule has 0 spiro atoms. The van der Waals surface area contributed by atoms with Crippen molar-refractivity contribution in [3.63, 3.8) is 0 Å². The van der Waals surface area contributed by atoms with Gasteiger partial charge in [-0.25, -0.2) is 8.78 Å². The van der Waals surface area contributed by atoms with E-state index < -0.39 is 21.8 Å². The Morgan fingerprint density at radius 2 is 1.57 bits per heavy atom.